The molecular formula is C17H28N2O4S. The molecule has 7 heteroatoms. The van der Waals surface area contributed by atoms with E-state index in [1.807, 2.05) is 32.9 Å². The van der Waals surface area contributed by atoms with Crippen LogP contribution in [0.4, 0.5) is 5.69 Å². The molecule has 0 fully saturated rings. The number of aryl methyl sites for hydroxylation is 3. The first-order chi connectivity index (χ1) is 11.2. The zero-order chi connectivity index (χ0) is 18.3. The summed E-state index contributed by atoms with van der Waals surface area (Å²) in [5.74, 6) is -0.165. The van der Waals surface area contributed by atoms with Crippen molar-refractivity contribution in [2.45, 2.75) is 33.6 Å². The third-order valence-electron chi connectivity index (χ3n) is 3.67. The first-order valence-corrected chi connectivity index (χ1v) is 9.83. The molecule has 0 aromatic heterocycles. The zero-order valence-corrected chi connectivity index (χ0v) is 16.0. The molecule has 0 aliphatic rings. The fraction of sp³-hybridized carbons (Fsp3) is 0.588. The largest absolute Gasteiger partial charge is 0.385 e. The zero-order valence-electron chi connectivity index (χ0n) is 15.2. The van der Waals surface area contributed by atoms with E-state index in [2.05, 4.69) is 5.32 Å². The highest BCUT2D eigenvalue weighted by Gasteiger charge is 2.22. The van der Waals surface area contributed by atoms with Crippen molar-refractivity contribution in [3.05, 3.63) is 28.8 Å². The van der Waals surface area contributed by atoms with Crippen molar-refractivity contribution in [3.8, 4) is 0 Å². The van der Waals surface area contributed by atoms with Crippen LogP contribution in [-0.4, -0.2) is 47.4 Å². The Morgan fingerprint density at radius 2 is 1.79 bits per heavy atom. The Kier molecular flexibility index (Phi) is 7.69. The number of carbonyl (C=O) groups is 1. The number of sulfonamides is 1. The quantitative estimate of drug-likeness (QED) is 0.686. The maximum atomic E-state index is 12.2. The summed E-state index contributed by atoms with van der Waals surface area (Å²) in [7, 11) is -1.86. The topological polar surface area (TPSA) is 75.7 Å². The second kappa shape index (κ2) is 9.03. The van der Waals surface area contributed by atoms with Crippen LogP contribution in [0.3, 0.4) is 0 Å². The van der Waals surface area contributed by atoms with Crippen molar-refractivity contribution in [3.63, 3.8) is 0 Å². The third kappa shape index (κ3) is 6.13. The van der Waals surface area contributed by atoms with Gasteiger partial charge in [0.25, 0.3) is 0 Å². The van der Waals surface area contributed by atoms with Crippen LogP contribution in [0.15, 0.2) is 12.1 Å². The summed E-state index contributed by atoms with van der Waals surface area (Å²) in [4.78, 5) is 11.9. The molecule has 0 atom stereocenters. The number of nitrogens with one attached hydrogen (secondary N) is 1. The summed E-state index contributed by atoms with van der Waals surface area (Å²) in [6, 6.07) is 3.90. The molecule has 0 aliphatic heterocycles. The minimum atomic E-state index is -3.47. The lowest BCUT2D eigenvalue weighted by molar-refractivity contribution is -0.120. The Morgan fingerprint density at radius 3 is 2.29 bits per heavy atom. The van der Waals surface area contributed by atoms with Crippen LogP contribution in [0.5, 0.6) is 0 Å². The Labute approximate surface area is 145 Å². The summed E-state index contributed by atoms with van der Waals surface area (Å²) in [6.07, 6.45) is 2.02. The van der Waals surface area contributed by atoms with Crippen molar-refractivity contribution in [1.82, 2.24) is 5.32 Å². The highest BCUT2D eigenvalue weighted by molar-refractivity contribution is 7.92. The van der Waals surface area contributed by atoms with Gasteiger partial charge >= 0.3 is 0 Å². The molecule has 136 valence electrons. The average molecular weight is 356 g/mol. The number of amides is 1. The van der Waals surface area contributed by atoms with Crippen molar-refractivity contribution in [1.29, 1.82) is 0 Å². The monoisotopic (exact) mass is 356 g/mol. The standard InChI is InChI=1S/C17H28N2O4S/c1-13-11-14(2)17(15(3)12-13)19(24(5,21)22)9-7-16(20)18-8-6-10-23-4/h11-12H,6-10H2,1-5H3,(H,18,20). The van der Waals surface area contributed by atoms with E-state index in [0.29, 0.717) is 18.8 Å². The van der Waals surface area contributed by atoms with Gasteiger partial charge in [0.1, 0.15) is 0 Å². The van der Waals surface area contributed by atoms with E-state index in [-0.39, 0.29) is 18.9 Å². The van der Waals surface area contributed by atoms with Gasteiger partial charge in [0.2, 0.25) is 15.9 Å². The van der Waals surface area contributed by atoms with Gasteiger partial charge in [-0.1, -0.05) is 17.7 Å². The number of rotatable bonds is 9. The molecule has 0 bridgehead atoms. The second-order valence-electron chi connectivity index (χ2n) is 6.03. The number of carbonyl (C=O) groups excluding carboxylic acids is 1. The van der Waals surface area contributed by atoms with Gasteiger partial charge in [0.15, 0.2) is 0 Å². The highest BCUT2D eigenvalue weighted by Crippen LogP contribution is 2.28. The van der Waals surface area contributed by atoms with E-state index in [4.69, 9.17) is 4.74 Å². The van der Waals surface area contributed by atoms with Crippen LogP contribution < -0.4 is 9.62 Å². The maximum absolute atomic E-state index is 12.2. The predicted molar refractivity (Wildman–Crippen MR) is 97.0 cm³/mol. The van der Waals surface area contributed by atoms with Gasteiger partial charge in [-0.2, -0.15) is 0 Å². The fourth-order valence-electron chi connectivity index (χ4n) is 2.75. The van der Waals surface area contributed by atoms with Gasteiger partial charge in [-0.15, -0.1) is 0 Å². The number of methoxy groups -OCH3 is 1. The molecule has 0 saturated carbocycles. The highest BCUT2D eigenvalue weighted by atomic mass is 32.2. The minimum absolute atomic E-state index is 0.118. The molecule has 0 aliphatic carbocycles. The van der Waals surface area contributed by atoms with Crippen LogP contribution in [0.2, 0.25) is 0 Å². The van der Waals surface area contributed by atoms with Crippen molar-refractivity contribution in [2.75, 3.05) is 37.4 Å². The number of benzene rings is 1. The Balaban J connectivity index is 2.84. The van der Waals surface area contributed by atoms with E-state index < -0.39 is 10.0 Å². The lowest BCUT2D eigenvalue weighted by atomic mass is 10.1. The number of hydrogen-bond donors (Lipinski definition) is 1. The first kappa shape index (κ1) is 20.4. The van der Waals surface area contributed by atoms with E-state index in [9.17, 15) is 13.2 Å². The van der Waals surface area contributed by atoms with Crippen LogP contribution in [0.1, 0.15) is 29.5 Å². The molecule has 24 heavy (non-hydrogen) atoms. The van der Waals surface area contributed by atoms with Crippen molar-refractivity contribution >= 4 is 21.6 Å². The van der Waals surface area contributed by atoms with Crippen molar-refractivity contribution < 1.29 is 17.9 Å². The smallest absolute Gasteiger partial charge is 0.232 e. The van der Waals surface area contributed by atoms with E-state index in [1.54, 1.807) is 7.11 Å². The lowest BCUT2D eigenvalue weighted by Crippen LogP contribution is -2.35. The maximum Gasteiger partial charge on any atom is 0.232 e. The number of nitrogens with zero attached hydrogens (tertiary/aromatic N) is 1. The molecule has 0 heterocycles. The average Bonchev–Trinajstić information content (AvgIpc) is 2.44. The Bertz CT molecular complexity index is 648. The van der Waals surface area contributed by atoms with Crippen LogP contribution in [0, 0.1) is 20.8 Å². The van der Waals surface area contributed by atoms with Gasteiger partial charge in [-0.3, -0.25) is 9.10 Å². The SMILES string of the molecule is COCCCNC(=O)CCN(c1c(C)cc(C)cc1C)S(C)(=O)=O. The first-order valence-electron chi connectivity index (χ1n) is 7.98. The Hall–Kier alpha value is -1.60. The third-order valence-corrected chi connectivity index (χ3v) is 4.84. The summed E-state index contributed by atoms with van der Waals surface area (Å²) in [5, 5.41) is 2.77. The molecule has 0 unspecified atom stereocenters. The Morgan fingerprint density at radius 1 is 1.21 bits per heavy atom. The predicted octanol–water partition coefficient (Wildman–Crippen LogP) is 1.92. The van der Waals surface area contributed by atoms with Gasteiger partial charge < -0.3 is 10.1 Å². The molecule has 0 saturated heterocycles. The summed E-state index contributed by atoms with van der Waals surface area (Å²) >= 11 is 0. The normalized spacial score (nSPS) is 11.4. The molecule has 1 rings (SSSR count). The summed E-state index contributed by atoms with van der Waals surface area (Å²) in [5.41, 5.74) is 3.52. The lowest BCUT2D eigenvalue weighted by Gasteiger charge is -2.26. The van der Waals surface area contributed by atoms with E-state index in [1.165, 1.54) is 10.6 Å². The van der Waals surface area contributed by atoms with Gasteiger partial charge in [0, 0.05) is 33.2 Å². The van der Waals surface area contributed by atoms with Crippen molar-refractivity contribution in [2.24, 2.45) is 0 Å². The number of ether oxygens (including phenoxy) is 1. The van der Waals surface area contributed by atoms with E-state index in [0.717, 1.165) is 23.1 Å². The van der Waals surface area contributed by atoms with Gasteiger partial charge in [-0.05, 0) is 38.3 Å². The molecule has 1 aromatic rings. The number of hydrogen-bond acceptors (Lipinski definition) is 4. The van der Waals surface area contributed by atoms with Crippen LogP contribution in [-0.2, 0) is 19.6 Å². The van der Waals surface area contributed by atoms with Crippen LogP contribution >= 0.6 is 0 Å². The van der Waals surface area contributed by atoms with E-state index >= 15 is 0 Å². The molecule has 1 amide bonds. The molecule has 1 N–H and O–H groups in total. The molecule has 1 aromatic carbocycles. The number of anilines is 1. The van der Waals surface area contributed by atoms with Crippen LogP contribution in [0.25, 0.3) is 0 Å². The molecule has 0 radical (unpaired) electrons. The van der Waals surface area contributed by atoms with Gasteiger partial charge in [-0.25, -0.2) is 8.42 Å². The van der Waals surface area contributed by atoms with Gasteiger partial charge in [0.05, 0.1) is 11.9 Å². The molecular weight excluding hydrogens is 328 g/mol. The second-order valence-corrected chi connectivity index (χ2v) is 7.94. The summed E-state index contributed by atoms with van der Waals surface area (Å²) < 4.78 is 30.7. The molecule has 6 nitrogen and oxygen atoms in total. The fourth-order valence-corrected chi connectivity index (χ4v) is 3.79. The minimum Gasteiger partial charge on any atom is -0.385 e. The molecule has 0 spiro atoms. The summed E-state index contributed by atoms with van der Waals surface area (Å²) in [6.45, 7) is 6.98.